The van der Waals surface area contributed by atoms with Gasteiger partial charge in [-0.3, -0.25) is 0 Å². The molecule has 0 radical (unpaired) electrons. The molecule has 1 aliphatic heterocycles. The predicted molar refractivity (Wildman–Crippen MR) is 95.7 cm³/mol. The van der Waals surface area contributed by atoms with E-state index in [-0.39, 0.29) is 5.75 Å². The minimum Gasteiger partial charge on any atom is -0.482 e. The van der Waals surface area contributed by atoms with Gasteiger partial charge in [-0.25, -0.2) is 9.38 Å². The molecule has 1 saturated heterocycles. The summed E-state index contributed by atoms with van der Waals surface area (Å²) in [7, 11) is 0. The molecular formula is C19H19F4N3O. The number of rotatable bonds is 4. The third kappa shape index (κ3) is 4.90. The van der Waals surface area contributed by atoms with E-state index in [2.05, 4.69) is 4.99 Å². The minimum absolute atomic E-state index is 0.0502. The Bertz CT molecular complexity index is 811. The highest BCUT2D eigenvalue weighted by Crippen LogP contribution is 2.31. The van der Waals surface area contributed by atoms with Crippen LogP contribution in [0.15, 0.2) is 65.0 Å². The second kappa shape index (κ2) is 7.85. The maximum absolute atomic E-state index is 13.3. The van der Waals surface area contributed by atoms with E-state index in [1.165, 1.54) is 18.3 Å². The van der Waals surface area contributed by atoms with Crippen molar-refractivity contribution in [2.24, 2.45) is 10.7 Å². The van der Waals surface area contributed by atoms with Gasteiger partial charge in [0.1, 0.15) is 17.6 Å². The zero-order valence-corrected chi connectivity index (χ0v) is 14.4. The third-order valence-corrected chi connectivity index (χ3v) is 4.18. The van der Waals surface area contributed by atoms with Crippen molar-refractivity contribution in [1.82, 2.24) is 4.90 Å². The van der Waals surface area contributed by atoms with Gasteiger partial charge < -0.3 is 15.4 Å². The number of likely N-dealkylation sites (tertiary alicyclic amines) is 1. The highest BCUT2D eigenvalue weighted by atomic mass is 19.4. The first-order valence-corrected chi connectivity index (χ1v) is 8.40. The number of hydrogen-bond donors (Lipinski definition) is 1. The Balaban J connectivity index is 1.81. The highest BCUT2D eigenvalue weighted by Gasteiger charge is 2.29. The van der Waals surface area contributed by atoms with Gasteiger partial charge in [-0.2, -0.15) is 13.2 Å². The monoisotopic (exact) mass is 381 g/mol. The van der Waals surface area contributed by atoms with Crippen LogP contribution in [0, 0.1) is 0 Å². The summed E-state index contributed by atoms with van der Waals surface area (Å²) in [6.45, 7) is -0.472. The first-order chi connectivity index (χ1) is 12.9. The van der Waals surface area contributed by atoms with Gasteiger partial charge in [-0.15, -0.1) is 0 Å². The van der Waals surface area contributed by atoms with Crippen molar-refractivity contribution in [2.45, 2.75) is 18.8 Å². The fraction of sp³-hybridized carbons (Fsp3) is 0.316. The summed E-state index contributed by atoms with van der Waals surface area (Å²) in [4.78, 5) is 6.47. The lowest BCUT2D eigenvalue weighted by atomic mass is 10.1. The summed E-state index contributed by atoms with van der Waals surface area (Å²) in [6.07, 6.45) is 1.35. The third-order valence-electron chi connectivity index (χ3n) is 4.18. The summed E-state index contributed by atoms with van der Waals surface area (Å²) in [5.74, 6) is 0.0502. The Morgan fingerprint density at radius 3 is 2.70 bits per heavy atom. The van der Waals surface area contributed by atoms with Crippen LogP contribution in [0.1, 0.15) is 6.42 Å². The second-order valence-corrected chi connectivity index (χ2v) is 6.22. The topological polar surface area (TPSA) is 50.8 Å². The molecule has 2 N–H and O–H groups in total. The van der Waals surface area contributed by atoms with Crippen molar-refractivity contribution in [1.29, 1.82) is 0 Å². The molecule has 0 amide bonds. The Labute approximate surface area is 154 Å². The van der Waals surface area contributed by atoms with Crippen LogP contribution in [0.5, 0.6) is 5.75 Å². The zero-order valence-electron chi connectivity index (χ0n) is 14.4. The van der Waals surface area contributed by atoms with Crippen molar-refractivity contribution in [3.8, 4) is 5.75 Å². The second-order valence-electron chi connectivity index (χ2n) is 6.22. The van der Waals surface area contributed by atoms with E-state index in [1.807, 2.05) is 11.0 Å². The van der Waals surface area contributed by atoms with Gasteiger partial charge in [0.15, 0.2) is 6.61 Å². The maximum atomic E-state index is 13.3. The molecule has 0 bridgehead atoms. The molecule has 1 heterocycles. The van der Waals surface area contributed by atoms with Gasteiger partial charge in [-0.1, -0.05) is 18.2 Å². The minimum atomic E-state index is -4.43. The van der Waals surface area contributed by atoms with Crippen molar-refractivity contribution in [2.75, 3.05) is 19.7 Å². The number of allylic oxidation sites excluding steroid dienone is 3. The van der Waals surface area contributed by atoms with E-state index < -0.39 is 19.0 Å². The Hall–Kier alpha value is -2.77. The lowest BCUT2D eigenvalue weighted by Gasteiger charge is -2.21. The van der Waals surface area contributed by atoms with Crippen molar-refractivity contribution >= 4 is 11.4 Å². The molecule has 1 atom stereocenters. The first-order valence-electron chi connectivity index (χ1n) is 8.40. The molecule has 8 heteroatoms. The number of benzene rings is 1. The molecule has 1 aromatic rings. The molecular weight excluding hydrogens is 362 g/mol. The van der Waals surface area contributed by atoms with Gasteiger partial charge >= 0.3 is 6.18 Å². The number of ether oxygens (including phenoxy) is 1. The molecule has 144 valence electrons. The van der Waals surface area contributed by atoms with Crippen LogP contribution in [0.4, 0.5) is 23.2 Å². The van der Waals surface area contributed by atoms with Gasteiger partial charge in [0.25, 0.3) is 0 Å². The molecule has 0 aromatic heterocycles. The lowest BCUT2D eigenvalue weighted by molar-refractivity contribution is -0.153. The Kier molecular flexibility index (Phi) is 5.53. The smallest absolute Gasteiger partial charge is 0.422 e. The van der Waals surface area contributed by atoms with Crippen LogP contribution in [0.3, 0.4) is 0 Å². The van der Waals surface area contributed by atoms with Crippen molar-refractivity contribution < 1.29 is 22.3 Å². The summed E-state index contributed by atoms with van der Waals surface area (Å²) < 4.78 is 55.5. The van der Waals surface area contributed by atoms with Crippen LogP contribution >= 0.6 is 0 Å². The maximum Gasteiger partial charge on any atom is 0.422 e. The van der Waals surface area contributed by atoms with Crippen molar-refractivity contribution in [3.63, 3.8) is 0 Å². The Morgan fingerprint density at radius 1 is 1.26 bits per heavy atom. The molecule has 27 heavy (non-hydrogen) atoms. The number of nitrogens with two attached hydrogens (primary N) is 1. The van der Waals surface area contributed by atoms with E-state index in [0.29, 0.717) is 30.9 Å². The SMILES string of the molecule is NC=C1CN(C2=CCC(F)C=C2)CC1=Nc1ccccc1OCC(F)(F)F. The quantitative estimate of drug-likeness (QED) is 0.801. The molecule has 3 rings (SSSR count). The largest absolute Gasteiger partial charge is 0.482 e. The molecule has 0 saturated carbocycles. The number of alkyl halides is 4. The van der Waals surface area contributed by atoms with E-state index in [4.69, 9.17) is 10.5 Å². The number of para-hydroxylation sites is 2. The van der Waals surface area contributed by atoms with E-state index >= 15 is 0 Å². The van der Waals surface area contributed by atoms with Gasteiger partial charge in [0, 0.05) is 30.4 Å². The molecule has 4 nitrogen and oxygen atoms in total. The van der Waals surface area contributed by atoms with E-state index in [9.17, 15) is 17.6 Å². The van der Waals surface area contributed by atoms with Crippen LogP contribution in [-0.2, 0) is 0 Å². The summed E-state index contributed by atoms with van der Waals surface area (Å²) in [6, 6.07) is 6.29. The van der Waals surface area contributed by atoms with Crippen LogP contribution in [-0.4, -0.2) is 42.7 Å². The predicted octanol–water partition coefficient (Wildman–Crippen LogP) is 4.04. The fourth-order valence-electron chi connectivity index (χ4n) is 2.87. The van der Waals surface area contributed by atoms with Gasteiger partial charge in [0.2, 0.25) is 0 Å². The fourth-order valence-corrected chi connectivity index (χ4v) is 2.87. The van der Waals surface area contributed by atoms with Crippen LogP contribution in [0.25, 0.3) is 0 Å². The first kappa shape index (κ1) is 19.0. The summed E-state index contributed by atoms with van der Waals surface area (Å²) >= 11 is 0. The molecule has 2 aliphatic rings. The number of halogens is 4. The van der Waals surface area contributed by atoms with Crippen LogP contribution in [0.2, 0.25) is 0 Å². The molecule has 1 fully saturated rings. The van der Waals surface area contributed by atoms with E-state index in [0.717, 1.165) is 11.3 Å². The standard InChI is InChI=1S/C19H19F4N3O/c20-14-5-7-15(8-6-14)26-10-13(9-24)17(11-26)25-16-3-1-2-4-18(16)27-12-19(21,22)23/h1-5,7-9,14H,6,10-12,24H2. The molecule has 1 unspecified atom stereocenters. The summed E-state index contributed by atoms with van der Waals surface area (Å²) in [5.41, 5.74) is 8.27. The average Bonchev–Trinajstić information content (AvgIpc) is 3.04. The van der Waals surface area contributed by atoms with Gasteiger partial charge in [0.05, 0.1) is 12.3 Å². The summed E-state index contributed by atoms with van der Waals surface area (Å²) in [5, 5.41) is 0. The average molecular weight is 381 g/mol. The number of nitrogens with zero attached hydrogens (tertiary/aromatic N) is 2. The zero-order chi connectivity index (χ0) is 19.4. The number of hydrogen-bond acceptors (Lipinski definition) is 4. The molecule has 1 aromatic carbocycles. The lowest BCUT2D eigenvalue weighted by Crippen LogP contribution is -2.21. The molecule has 0 spiro atoms. The Morgan fingerprint density at radius 2 is 2.04 bits per heavy atom. The highest BCUT2D eigenvalue weighted by molar-refractivity contribution is 6.05. The van der Waals surface area contributed by atoms with Gasteiger partial charge in [-0.05, 0) is 24.3 Å². The normalized spacial score (nSPS) is 23.2. The van der Waals surface area contributed by atoms with Crippen LogP contribution < -0.4 is 10.5 Å². The molecule has 1 aliphatic carbocycles. The van der Waals surface area contributed by atoms with E-state index in [1.54, 1.807) is 24.3 Å². The number of aliphatic imine (C=N–C) groups is 1. The van der Waals surface area contributed by atoms with Crippen molar-refractivity contribution in [3.05, 3.63) is 60.0 Å².